The lowest BCUT2D eigenvalue weighted by Gasteiger charge is -2.10. The molecule has 114 valence electrons. The maximum Gasteiger partial charge on any atom is 0.265 e. The summed E-state index contributed by atoms with van der Waals surface area (Å²) in [6.45, 7) is 3.86. The summed E-state index contributed by atoms with van der Waals surface area (Å²) in [6.07, 6.45) is 4.50. The molecule has 0 radical (unpaired) electrons. The number of rotatable bonds is 5. The number of carbonyl (C=O) groups is 1. The Labute approximate surface area is 125 Å². The highest BCUT2D eigenvalue weighted by Gasteiger charge is 2.19. The molecular weight excluding hydrogens is 266 g/mol. The fraction of sp³-hybridized carbons (Fsp3) is 0.500. The van der Waals surface area contributed by atoms with Crippen molar-refractivity contribution in [1.82, 2.24) is 0 Å². The lowest BCUT2D eigenvalue weighted by Crippen LogP contribution is -2.23. The molecule has 1 aromatic carbocycles. The van der Waals surface area contributed by atoms with E-state index in [4.69, 9.17) is 10.6 Å². The van der Waals surface area contributed by atoms with Gasteiger partial charge in [-0.05, 0) is 43.9 Å². The van der Waals surface area contributed by atoms with Crippen LogP contribution in [0, 0.1) is 19.8 Å². The highest BCUT2D eigenvalue weighted by Crippen LogP contribution is 2.24. The van der Waals surface area contributed by atoms with Crippen molar-refractivity contribution in [3.63, 3.8) is 0 Å². The number of aryl methyl sites for hydroxylation is 1. The molecule has 0 aliphatic heterocycles. The predicted octanol–water partition coefficient (Wildman–Crippen LogP) is 2.72. The van der Waals surface area contributed by atoms with Crippen LogP contribution in [0.1, 0.15) is 36.8 Å². The van der Waals surface area contributed by atoms with Gasteiger partial charge in [-0.15, -0.1) is 0 Å². The number of oxime groups is 1. The van der Waals surface area contributed by atoms with Crippen molar-refractivity contribution in [3.05, 3.63) is 29.3 Å². The van der Waals surface area contributed by atoms with Crippen LogP contribution in [-0.2, 0) is 9.63 Å². The van der Waals surface area contributed by atoms with Gasteiger partial charge in [0.25, 0.3) is 5.91 Å². The highest BCUT2D eigenvalue weighted by molar-refractivity contribution is 5.92. The zero-order chi connectivity index (χ0) is 15.2. The van der Waals surface area contributed by atoms with Crippen molar-refractivity contribution in [2.45, 2.75) is 39.5 Å². The third-order valence-electron chi connectivity index (χ3n) is 4.02. The Kier molecular flexibility index (Phi) is 5.20. The Hall–Kier alpha value is -2.04. The van der Waals surface area contributed by atoms with Gasteiger partial charge >= 0.3 is 0 Å². The minimum Gasteiger partial charge on any atom is -0.384 e. The molecule has 0 bridgehead atoms. The van der Waals surface area contributed by atoms with Crippen LogP contribution < -0.4 is 11.1 Å². The Morgan fingerprint density at radius 2 is 2.10 bits per heavy atom. The summed E-state index contributed by atoms with van der Waals surface area (Å²) in [5.41, 5.74) is 8.85. The van der Waals surface area contributed by atoms with Gasteiger partial charge < -0.3 is 15.9 Å². The van der Waals surface area contributed by atoms with Gasteiger partial charge in [-0.1, -0.05) is 30.1 Å². The third-order valence-corrected chi connectivity index (χ3v) is 4.02. The van der Waals surface area contributed by atoms with E-state index in [1.807, 2.05) is 32.0 Å². The van der Waals surface area contributed by atoms with Gasteiger partial charge in [0, 0.05) is 11.6 Å². The van der Waals surface area contributed by atoms with Crippen LogP contribution >= 0.6 is 0 Å². The molecule has 3 N–H and O–H groups in total. The first-order valence-electron chi connectivity index (χ1n) is 7.39. The van der Waals surface area contributed by atoms with Crippen LogP contribution in [0.15, 0.2) is 23.4 Å². The molecule has 1 saturated carbocycles. The summed E-state index contributed by atoms with van der Waals surface area (Å²) >= 11 is 0. The summed E-state index contributed by atoms with van der Waals surface area (Å²) in [7, 11) is 0. The molecule has 1 aliphatic rings. The Morgan fingerprint density at radius 1 is 1.38 bits per heavy atom. The first-order chi connectivity index (χ1) is 10.1. The van der Waals surface area contributed by atoms with Crippen LogP contribution in [0.3, 0.4) is 0 Å². The van der Waals surface area contributed by atoms with E-state index in [0.29, 0.717) is 11.8 Å². The molecule has 1 aliphatic carbocycles. The number of carbonyl (C=O) groups excluding carboxylic acids is 1. The number of amides is 1. The summed E-state index contributed by atoms with van der Waals surface area (Å²) in [6, 6.07) is 5.79. The van der Waals surface area contributed by atoms with Crippen molar-refractivity contribution in [2.24, 2.45) is 16.8 Å². The molecule has 5 nitrogen and oxygen atoms in total. The summed E-state index contributed by atoms with van der Waals surface area (Å²) in [5.74, 6) is 0.589. The second kappa shape index (κ2) is 7.11. The molecule has 1 amide bonds. The second-order valence-electron chi connectivity index (χ2n) is 5.57. The first kappa shape index (κ1) is 15.4. The Morgan fingerprint density at radius 3 is 2.81 bits per heavy atom. The van der Waals surface area contributed by atoms with Gasteiger partial charge in [-0.2, -0.15) is 0 Å². The molecule has 1 aromatic rings. The summed E-state index contributed by atoms with van der Waals surface area (Å²) in [5, 5.41) is 6.68. The van der Waals surface area contributed by atoms with E-state index in [-0.39, 0.29) is 12.5 Å². The molecule has 0 unspecified atom stereocenters. The molecule has 5 heteroatoms. The minimum absolute atomic E-state index is 0.124. The standard InChI is InChI=1S/C16H23N3O2/c1-11-6-5-9-14(12(11)2)18-15(20)10-21-19-16(17)13-7-3-4-8-13/h5-6,9,13H,3-4,7-8,10H2,1-2H3,(H2,17,19)(H,18,20). The zero-order valence-electron chi connectivity index (χ0n) is 12.7. The van der Waals surface area contributed by atoms with E-state index in [2.05, 4.69) is 10.5 Å². The third kappa shape index (κ3) is 4.21. The molecule has 21 heavy (non-hydrogen) atoms. The van der Waals surface area contributed by atoms with Gasteiger partial charge in [-0.25, -0.2) is 0 Å². The van der Waals surface area contributed by atoms with E-state index >= 15 is 0 Å². The van der Waals surface area contributed by atoms with Crippen molar-refractivity contribution in [1.29, 1.82) is 0 Å². The molecule has 0 saturated heterocycles. The van der Waals surface area contributed by atoms with Crippen molar-refractivity contribution < 1.29 is 9.63 Å². The lowest BCUT2D eigenvalue weighted by atomic mass is 10.1. The number of nitrogens with zero attached hydrogens (tertiary/aromatic N) is 1. The normalized spacial score (nSPS) is 16.0. The molecule has 2 rings (SSSR count). The zero-order valence-corrected chi connectivity index (χ0v) is 12.7. The van der Waals surface area contributed by atoms with E-state index < -0.39 is 0 Å². The molecule has 0 atom stereocenters. The van der Waals surface area contributed by atoms with Crippen molar-refractivity contribution >= 4 is 17.4 Å². The SMILES string of the molecule is Cc1cccc(NC(=O)CO/N=C(\N)C2CCCC2)c1C. The number of benzene rings is 1. The molecule has 0 spiro atoms. The first-order valence-corrected chi connectivity index (χ1v) is 7.39. The van der Waals surface area contributed by atoms with Gasteiger partial charge in [0.1, 0.15) is 5.84 Å². The number of hydrogen-bond donors (Lipinski definition) is 2. The van der Waals surface area contributed by atoms with E-state index in [9.17, 15) is 4.79 Å². The Bertz CT molecular complexity index is 534. The fourth-order valence-electron chi connectivity index (χ4n) is 2.53. The minimum atomic E-state index is -0.230. The van der Waals surface area contributed by atoms with Crippen LogP contribution in [0.25, 0.3) is 0 Å². The van der Waals surface area contributed by atoms with E-state index in [1.54, 1.807) is 0 Å². The summed E-state index contributed by atoms with van der Waals surface area (Å²) < 4.78 is 0. The largest absolute Gasteiger partial charge is 0.384 e. The maximum atomic E-state index is 11.8. The number of nitrogens with two attached hydrogens (primary N) is 1. The van der Waals surface area contributed by atoms with Crippen LogP contribution in [0.4, 0.5) is 5.69 Å². The number of amidine groups is 1. The molecule has 0 heterocycles. The average Bonchev–Trinajstić information content (AvgIpc) is 2.98. The highest BCUT2D eigenvalue weighted by atomic mass is 16.6. The maximum absolute atomic E-state index is 11.8. The van der Waals surface area contributed by atoms with Crippen LogP contribution in [0.2, 0.25) is 0 Å². The predicted molar refractivity (Wildman–Crippen MR) is 84.1 cm³/mol. The van der Waals surface area contributed by atoms with Gasteiger partial charge in [0.05, 0.1) is 0 Å². The number of anilines is 1. The van der Waals surface area contributed by atoms with Gasteiger partial charge in [-0.3, -0.25) is 4.79 Å². The van der Waals surface area contributed by atoms with Crippen molar-refractivity contribution in [3.8, 4) is 0 Å². The van der Waals surface area contributed by atoms with Gasteiger partial charge in [0.2, 0.25) is 0 Å². The average molecular weight is 289 g/mol. The fourth-order valence-corrected chi connectivity index (χ4v) is 2.53. The molecule has 0 aromatic heterocycles. The summed E-state index contributed by atoms with van der Waals surface area (Å²) in [4.78, 5) is 16.9. The topological polar surface area (TPSA) is 76.7 Å². The number of hydrogen-bond acceptors (Lipinski definition) is 3. The second-order valence-corrected chi connectivity index (χ2v) is 5.57. The Balaban J connectivity index is 1.82. The lowest BCUT2D eigenvalue weighted by molar-refractivity contribution is -0.120. The quantitative estimate of drug-likeness (QED) is 0.497. The molecular formula is C16H23N3O2. The molecule has 1 fully saturated rings. The van der Waals surface area contributed by atoms with Crippen LogP contribution in [0.5, 0.6) is 0 Å². The monoisotopic (exact) mass is 289 g/mol. The van der Waals surface area contributed by atoms with Crippen molar-refractivity contribution in [2.75, 3.05) is 11.9 Å². The van der Waals surface area contributed by atoms with E-state index in [0.717, 1.165) is 29.7 Å². The van der Waals surface area contributed by atoms with E-state index in [1.165, 1.54) is 12.8 Å². The van der Waals surface area contributed by atoms with Crippen LogP contribution in [-0.4, -0.2) is 18.3 Å². The van der Waals surface area contributed by atoms with Gasteiger partial charge in [0.15, 0.2) is 6.61 Å². The smallest absolute Gasteiger partial charge is 0.265 e. The number of nitrogens with one attached hydrogen (secondary N) is 1.